The van der Waals surface area contributed by atoms with Crippen LogP contribution in [0.4, 0.5) is 0 Å². The predicted molar refractivity (Wildman–Crippen MR) is 88.1 cm³/mol. The molecule has 5 heteroatoms. The summed E-state index contributed by atoms with van der Waals surface area (Å²) in [5, 5.41) is 7.25. The van der Waals surface area contributed by atoms with E-state index < -0.39 is 0 Å². The van der Waals surface area contributed by atoms with Crippen LogP contribution >= 0.6 is 11.3 Å². The normalized spacial score (nSPS) is 26.3. The second kappa shape index (κ2) is 5.48. The van der Waals surface area contributed by atoms with Gasteiger partial charge in [0.15, 0.2) is 5.01 Å². The van der Waals surface area contributed by atoms with Crippen molar-refractivity contribution >= 4 is 17.2 Å². The van der Waals surface area contributed by atoms with Crippen LogP contribution in [0.3, 0.4) is 0 Å². The standard InChI is InChI=1S/C17H19N3OS/c1-10-4-2-3-5-12(10)15-9-18-17(22-15)16(21)20-14-8-11-6-7-13(14)19-11/h2-5,9,11,13-14,19H,6-8H2,1H3,(H,20,21). The average Bonchev–Trinajstić information content (AvgIpc) is 3.24. The first kappa shape index (κ1) is 13.9. The molecule has 2 aliphatic rings. The summed E-state index contributed by atoms with van der Waals surface area (Å²) < 4.78 is 0. The van der Waals surface area contributed by atoms with Gasteiger partial charge in [0.1, 0.15) is 0 Å². The maximum atomic E-state index is 12.4. The molecule has 3 heterocycles. The summed E-state index contributed by atoms with van der Waals surface area (Å²) in [4.78, 5) is 17.8. The summed E-state index contributed by atoms with van der Waals surface area (Å²) in [6.07, 6.45) is 5.26. The monoisotopic (exact) mass is 313 g/mol. The molecule has 114 valence electrons. The lowest BCUT2D eigenvalue weighted by Crippen LogP contribution is -2.42. The average molecular weight is 313 g/mol. The maximum Gasteiger partial charge on any atom is 0.280 e. The van der Waals surface area contributed by atoms with Crippen molar-refractivity contribution in [1.82, 2.24) is 15.6 Å². The van der Waals surface area contributed by atoms with Gasteiger partial charge in [-0.2, -0.15) is 0 Å². The number of carbonyl (C=O) groups excluding carboxylic acids is 1. The number of benzene rings is 1. The van der Waals surface area contributed by atoms with Crippen LogP contribution in [-0.4, -0.2) is 29.0 Å². The van der Waals surface area contributed by atoms with E-state index in [2.05, 4.69) is 34.7 Å². The first-order valence-electron chi connectivity index (χ1n) is 7.79. The van der Waals surface area contributed by atoms with Crippen molar-refractivity contribution in [3.05, 3.63) is 41.0 Å². The second-order valence-corrected chi connectivity index (χ2v) is 7.24. The Morgan fingerprint density at radius 2 is 2.23 bits per heavy atom. The van der Waals surface area contributed by atoms with Crippen LogP contribution in [0.15, 0.2) is 30.5 Å². The van der Waals surface area contributed by atoms with Crippen LogP contribution in [0.1, 0.15) is 34.6 Å². The first-order chi connectivity index (χ1) is 10.7. The molecule has 4 nitrogen and oxygen atoms in total. The molecule has 4 rings (SSSR count). The highest BCUT2D eigenvalue weighted by Gasteiger charge is 2.39. The van der Waals surface area contributed by atoms with Crippen LogP contribution in [0.5, 0.6) is 0 Å². The minimum absolute atomic E-state index is 0.0378. The molecule has 2 aliphatic heterocycles. The molecule has 2 saturated heterocycles. The summed E-state index contributed by atoms with van der Waals surface area (Å²) in [6, 6.07) is 9.49. The molecule has 2 N–H and O–H groups in total. The summed E-state index contributed by atoms with van der Waals surface area (Å²) in [6.45, 7) is 2.08. The molecule has 0 aliphatic carbocycles. The van der Waals surface area contributed by atoms with Gasteiger partial charge in [0.25, 0.3) is 5.91 Å². The minimum Gasteiger partial charge on any atom is -0.346 e. The van der Waals surface area contributed by atoms with Crippen LogP contribution in [-0.2, 0) is 0 Å². The van der Waals surface area contributed by atoms with Crippen molar-refractivity contribution in [2.24, 2.45) is 0 Å². The number of nitrogens with one attached hydrogen (secondary N) is 2. The zero-order chi connectivity index (χ0) is 15.1. The molecule has 0 radical (unpaired) electrons. The van der Waals surface area contributed by atoms with Crippen molar-refractivity contribution in [1.29, 1.82) is 0 Å². The number of aromatic nitrogens is 1. The summed E-state index contributed by atoms with van der Waals surface area (Å²) in [5.74, 6) is -0.0378. The number of nitrogens with zero attached hydrogens (tertiary/aromatic N) is 1. The van der Waals surface area contributed by atoms with Crippen molar-refractivity contribution in [2.75, 3.05) is 0 Å². The zero-order valence-corrected chi connectivity index (χ0v) is 13.3. The number of aryl methyl sites for hydroxylation is 1. The number of hydrogen-bond donors (Lipinski definition) is 2. The van der Waals surface area contributed by atoms with Gasteiger partial charge in [-0.05, 0) is 37.3 Å². The van der Waals surface area contributed by atoms with Crippen LogP contribution in [0, 0.1) is 6.92 Å². The highest BCUT2D eigenvalue weighted by atomic mass is 32.1. The smallest absolute Gasteiger partial charge is 0.280 e. The molecule has 2 bridgehead atoms. The van der Waals surface area contributed by atoms with E-state index in [1.165, 1.54) is 29.7 Å². The molecule has 0 spiro atoms. The van der Waals surface area contributed by atoms with Gasteiger partial charge in [-0.25, -0.2) is 4.98 Å². The Hall–Kier alpha value is -1.72. The number of carbonyl (C=O) groups is 1. The fourth-order valence-electron chi connectivity index (χ4n) is 3.57. The second-order valence-electron chi connectivity index (χ2n) is 6.21. The Labute approximate surface area is 134 Å². The van der Waals surface area contributed by atoms with Gasteiger partial charge in [0.2, 0.25) is 0 Å². The lowest BCUT2D eigenvalue weighted by Gasteiger charge is -2.20. The Morgan fingerprint density at radius 1 is 1.36 bits per heavy atom. The molecule has 22 heavy (non-hydrogen) atoms. The topological polar surface area (TPSA) is 54.0 Å². The Balaban J connectivity index is 1.49. The van der Waals surface area contributed by atoms with Crippen LogP contribution < -0.4 is 10.6 Å². The number of rotatable bonds is 3. The third-order valence-corrected chi connectivity index (χ3v) is 5.76. The van der Waals surface area contributed by atoms with E-state index in [0.29, 0.717) is 17.1 Å². The van der Waals surface area contributed by atoms with E-state index in [9.17, 15) is 4.79 Å². The van der Waals surface area contributed by atoms with Gasteiger partial charge in [0, 0.05) is 24.3 Å². The molecule has 1 aromatic carbocycles. The van der Waals surface area contributed by atoms with E-state index in [0.717, 1.165) is 16.9 Å². The highest BCUT2D eigenvalue weighted by molar-refractivity contribution is 7.17. The molecule has 2 fully saturated rings. The molecule has 2 aromatic rings. The van der Waals surface area contributed by atoms with Gasteiger partial charge in [-0.1, -0.05) is 24.3 Å². The SMILES string of the molecule is Cc1ccccc1-c1cnc(C(=O)NC2CC3CCC2N3)s1. The lowest BCUT2D eigenvalue weighted by atomic mass is 9.95. The summed E-state index contributed by atoms with van der Waals surface area (Å²) in [7, 11) is 0. The summed E-state index contributed by atoms with van der Waals surface area (Å²) in [5.41, 5.74) is 2.36. The number of fused-ring (bicyclic) bond motifs is 2. The molecule has 3 atom stereocenters. The lowest BCUT2D eigenvalue weighted by molar-refractivity contribution is 0.0930. The first-order valence-corrected chi connectivity index (χ1v) is 8.61. The van der Waals surface area contributed by atoms with E-state index in [4.69, 9.17) is 0 Å². The maximum absolute atomic E-state index is 12.4. The number of amides is 1. The Morgan fingerprint density at radius 3 is 2.95 bits per heavy atom. The minimum atomic E-state index is -0.0378. The van der Waals surface area contributed by atoms with Crippen molar-refractivity contribution in [3.63, 3.8) is 0 Å². The van der Waals surface area contributed by atoms with Crippen molar-refractivity contribution in [3.8, 4) is 10.4 Å². The van der Waals surface area contributed by atoms with E-state index in [1.807, 2.05) is 12.1 Å². The fraction of sp³-hybridized carbons (Fsp3) is 0.412. The van der Waals surface area contributed by atoms with Gasteiger partial charge < -0.3 is 10.6 Å². The quantitative estimate of drug-likeness (QED) is 0.916. The molecule has 1 aromatic heterocycles. The Bertz CT molecular complexity index is 711. The van der Waals surface area contributed by atoms with E-state index >= 15 is 0 Å². The van der Waals surface area contributed by atoms with E-state index in [1.54, 1.807) is 6.20 Å². The van der Waals surface area contributed by atoms with Gasteiger partial charge in [0.05, 0.1) is 4.88 Å². The van der Waals surface area contributed by atoms with Gasteiger partial charge in [-0.15, -0.1) is 11.3 Å². The van der Waals surface area contributed by atoms with Crippen molar-refractivity contribution < 1.29 is 4.79 Å². The van der Waals surface area contributed by atoms with Crippen LogP contribution in [0.25, 0.3) is 10.4 Å². The van der Waals surface area contributed by atoms with Gasteiger partial charge >= 0.3 is 0 Å². The summed E-state index contributed by atoms with van der Waals surface area (Å²) >= 11 is 1.47. The van der Waals surface area contributed by atoms with E-state index in [-0.39, 0.29) is 11.9 Å². The molecule has 1 amide bonds. The molecule has 3 unspecified atom stereocenters. The molecule has 0 saturated carbocycles. The van der Waals surface area contributed by atoms with Crippen LogP contribution in [0.2, 0.25) is 0 Å². The number of hydrogen-bond acceptors (Lipinski definition) is 4. The third kappa shape index (κ3) is 2.44. The zero-order valence-electron chi connectivity index (χ0n) is 12.5. The molecular formula is C17H19N3OS. The number of thiazole rings is 1. The van der Waals surface area contributed by atoms with Gasteiger partial charge in [-0.3, -0.25) is 4.79 Å². The van der Waals surface area contributed by atoms with Crippen molar-refractivity contribution in [2.45, 2.75) is 44.3 Å². The molecular weight excluding hydrogens is 294 g/mol. The fourth-order valence-corrected chi connectivity index (χ4v) is 4.48. The third-order valence-electron chi connectivity index (χ3n) is 4.73. The predicted octanol–water partition coefficient (Wildman–Crippen LogP) is 2.74. The largest absolute Gasteiger partial charge is 0.346 e. The highest BCUT2D eigenvalue weighted by Crippen LogP contribution is 2.30. The Kier molecular flexibility index (Phi) is 3.47.